The highest BCUT2D eigenvalue weighted by Crippen LogP contribution is 2.22. The first kappa shape index (κ1) is 14.0. The minimum Gasteiger partial charge on any atom is -0.310 e. The highest BCUT2D eigenvalue weighted by atomic mass is 32.2. The van der Waals surface area contributed by atoms with Gasteiger partial charge in [-0.25, -0.2) is 4.39 Å². The topological polar surface area (TPSA) is 99.8 Å². The van der Waals surface area contributed by atoms with E-state index in [-0.39, 0.29) is 10.7 Å². The van der Waals surface area contributed by atoms with E-state index in [0.29, 0.717) is 18.2 Å². The van der Waals surface area contributed by atoms with Crippen LogP contribution in [-0.4, -0.2) is 29.6 Å². The van der Waals surface area contributed by atoms with Gasteiger partial charge in [0.1, 0.15) is 0 Å². The van der Waals surface area contributed by atoms with Gasteiger partial charge < -0.3 is 5.32 Å². The average Bonchev–Trinajstić information content (AvgIpc) is 3.15. The van der Waals surface area contributed by atoms with E-state index >= 15 is 0 Å². The molecule has 3 N–H and O–H groups in total. The zero-order valence-electron chi connectivity index (χ0n) is 11.0. The number of aromatic nitrogens is 3. The maximum atomic E-state index is 13.5. The Hall–Kier alpha value is -2.00. The molecule has 0 bridgehead atoms. The Morgan fingerprint density at radius 3 is 2.90 bits per heavy atom. The van der Waals surface area contributed by atoms with E-state index in [1.165, 1.54) is 18.5 Å². The molecule has 1 saturated carbocycles. The smallest absolute Gasteiger partial charge is 0.279 e. The zero-order chi connectivity index (χ0) is 14.9. The third-order valence-electron chi connectivity index (χ3n) is 3.12. The summed E-state index contributed by atoms with van der Waals surface area (Å²) in [6.45, 7) is 0.399. The van der Waals surface area contributed by atoms with Crippen LogP contribution in [0, 0.1) is 5.82 Å². The summed E-state index contributed by atoms with van der Waals surface area (Å²) in [4.78, 5) is 3.57. The summed E-state index contributed by atoms with van der Waals surface area (Å²) in [7, 11) is -3.93. The lowest BCUT2D eigenvalue weighted by Crippen LogP contribution is -2.20. The molecule has 0 saturated heterocycles. The second-order valence-corrected chi connectivity index (χ2v) is 6.46. The molecule has 2 heterocycles. The van der Waals surface area contributed by atoms with Crippen molar-refractivity contribution < 1.29 is 12.8 Å². The van der Waals surface area contributed by atoms with Crippen LogP contribution in [-0.2, 0) is 16.6 Å². The molecule has 0 amide bonds. The molecule has 0 spiro atoms. The van der Waals surface area contributed by atoms with Crippen LogP contribution >= 0.6 is 0 Å². The Balaban J connectivity index is 1.81. The molecule has 2 aromatic rings. The van der Waals surface area contributed by atoms with Gasteiger partial charge in [0.2, 0.25) is 0 Å². The van der Waals surface area contributed by atoms with Crippen molar-refractivity contribution in [3.63, 3.8) is 0 Å². The molecule has 1 aliphatic carbocycles. The fourth-order valence-electron chi connectivity index (χ4n) is 1.85. The van der Waals surface area contributed by atoms with Crippen LogP contribution in [0.1, 0.15) is 18.4 Å². The maximum absolute atomic E-state index is 13.5. The monoisotopic (exact) mass is 311 g/mol. The minimum absolute atomic E-state index is 0.0631. The Labute approximate surface area is 121 Å². The first-order valence-electron chi connectivity index (χ1n) is 6.44. The van der Waals surface area contributed by atoms with Gasteiger partial charge >= 0.3 is 0 Å². The van der Waals surface area contributed by atoms with Crippen molar-refractivity contribution in [2.45, 2.75) is 30.5 Å². The van der Waals surface area contributed by atoms with Crippen molar-refractivity contribution in [2.24, 2.45) is 0 Å². The van der Waals surface area contributed by atoms with Crippen LogP contribution < -0.4 is 10.0 Å². The summed E-state index contributed by atoms with van der Waals surface area (Å²) in [5.74, 6) is -0.738. The molecule has 9 heteroatoms. The quantitative estimate of drug-likeness (QED) is 0.739. The largest absolute Gasteiger partial charge is 0.310 e. The van der Waals surface area contributed by atoms with Crippen molar-refractivity contribution >= 4 is 15.7 Å². The third kappa shape index (κ3) is 3.19. The average molecular weight is 311 g/mol. The number of rotatable bonds is 6. The first-order valence-corrected chi connectivity index (χ1v) is 7.92. The zero-order valence-corrected chi connectivity index (χ0v) is 11.8. The number of aromatic amines is 1. The van der Waals surface area contributed by atoms with E-state index in [2.05, 4.69) is 25.2 Å². The number of nitrogens with one attached hydrogen (secondary N) is 3. The van der Waals surface area contributed by atoms with Crippen LogP contribution in [0.15, 0.2) is 29.7 Å². The molecule has 0 radical (unpaired) electrons. The maximum Gasteiger partial charge on any atom is 0.279 e. The number of pyridine rings is 1. The van der Waals surface area contributed by atoms with Crippen LogP contribution in [0.5, 0.6) is 0 Å². The van der Waals surface area contributed by atoms with E-state index in [1.54, 1.807) is 0 Å². The number of nitrogens with zero attached hydrogens (tertiary/aromatic N) is 2. The lowest BCUT2D eigenvalue weighted by Gasteiger charge is -2.09. The number of H-pyrrole nitrogens is 1. The van der Waals surface area contributed by atoms with Gasteiger partial charge in [0.05, 0.1) is 18.1 Å². The number of anilines is 1. The molecule has 21 heavy (non-hydrogen) atoms. The van der Waals surface area contributed by atoms with Gasteiger partial charge in [-0.3, -0.25) is 14.8 Å². The van der Waals surface area contributed by atoms with Crippen molar-refractivity contribution in [2.75, 3.05) is 4.72 Å². The van der Waals surface area contributed by atoms with Gasteiger partial charge in [-0.15, -0.1) is 0 Å². The third-order valence-corrected chi connectivity index (χ3v) is 4.50. The molecule has 112 valence electrons. The SMILES string of the molecule is O=S(=O)(Nc1ccncc1F)c1[nH]ncc1CNC1CC1. The molecule has 0 atom stereocenters. The van der Waals surface area contributed by atoms with Gasteiger partial charge in [0.15, 0.2) is 10.8 Å². The molecular formula is C12H14FN5O2S. The molecular weight excluding hydrogens is 297 g/mol. The molecule has 3 rings (SSSR count). The molecule has 1 aliphatic rings. The van der Waals surface area contributed by atoms with Crippen LogP contribution in [0.3, 0.4) is 0 Å². The van der Waals surface area contributed by atoms with Gasteiger partial charge in [-0.1, -0.05) is 0 Å². The second-order valence-electron chi connectivity index (χ2n) is 4.84. The van der Waals surface area contributed by atoms with E-state index in [1.807, 2.05) is 0 Å². The van der Waals surface area contributed by atoms with Crippen molar-refractivity contribution in [1.29, 1.82) is 0 Å². The van der Waals surface area contributed by atoms with Crippen molar-refractivity contribution in [3.8, 4) is 0 Å². The Kier molecular flexibility index (Phi) is 3.60. The standard InChI is InChI=1S/C12H14FN5O2S/c13-10-7-14-4-3-11(10)18-21(19,20)12-8(6-16-17-12)5-15-9-1-2-9/h3-4,6-7,9,15H,1-2,5H2,(H,14,18)(H,16,17). The Morgan fingerprint density at radius 1 is 1.38 bits per heavy atom. The summed E-state index contributed by atoms with van der Waals surface area (Å²) in [5, 5.41) is 9.36. The van der Waals surface area contributed by atoms with E-state index < -0.39 is 15.8 Å². The van der Waals surface area contributed by atoms with Crippen LogP contribution in [0.25, 0.3) is 0 Å². The molecule has 0 unspecified atom stereocenters. The fourth-order valence-corrected chi connectivity index (χ4v) is 3.05. The Bertz CT molecular complexity index is 742. The van der Waals surface area contributed by atoms with Gasteiger partial charge in [0.25, 0.3) is 10.0 Å². The molecule has 2 aromatic heterocycles. The highest BCUT2D eigenvalue weighted by Gasteiger charge is 2.25. The Morgan fingerprint density at radius 2 is 2.19 bits per heavy atom. The van der Waals surface area contributed by atoms with Crippen LogP contribution in [0.4, 0.5) is 10.1 Å². The summed E-state index contributed by atoms with van der Waals surface area (Å²) in [6.07, 6.45) is 5.90. The second kappa shape index (κ2) is 5.41. The van der Waals surface area contributed by atoms with E-state index in [9.17, 15) is 12.8 Å². The minimum atomic E-state index is -3.93. The van der Waals surface area contributed by atoms with Gasteiger partial charge in [-0.2, -0.15) is 13.5 Å². The predicted molar refractivity (Wildman–Crippen MR) is 73.5 cm³/mol. The fraction of sp³-hybridized carbons (Fsp3) is 0.333. The van der Waals surface area contributed by atoms with E-state index in [4.69, 9.17) is 0 Å². The summed E-state index contributed by atoms with van der Waals surface area (Å²) in [5.41, 5.74) is 0.365. The number of halogens is 1. The van der Waals surface area contributed by atoms with Crippen molar-refractivity contribution in [1.82, 2.24) is 20.5 Å². The summed E-state index contributed by atoms with van der Waals surface area (Å²) in [6, 6.07) is 1.70. The van der Waals surface area contributed by atoms with Crippen molar-refractivity contribution in [3.05, 3.63) is 36.0 Å². The van der Waals surface area contributed by atoms with Crippen LogP contribution in [0.2, 0.25) is 0 Å². The molecule has 0 aliphatic heterocycles. The summed E-state index contributed by atoms with van der Waals surface area (Å²) >= 11 is 0. The molecule has 7 nitrogen and oxygen atoms in total. The van der Waals surface area contributed by atoms with Gasteiger partial charge in [0, 0.05) is 24.3 Å². The number of sulfonamides is 1. The lowest BCUT2D eigenvalue weighted by molar-refractivity contribution is 0.590. The predicted octanol–water partition coefficient (Wildman–Crippen LogP) is 0.997. The first-order chi connectivity index (χ1) is 10.1. The van der Waals surface area contributed by atoms with E-state index in [0.717, 1.165) is 19.0 Å². The number of hydrogen-bond acceptors (Lipinski definition) is 5. The molecule has 0 aromatic carbocycles. The number of hydrogen-bond donors (Lipinski definition) is 3. The van der Waals surface area contributed by atoms with Gasteiger partial charge in [-0.05, 0) is 18.9 Å². The molecule has 1 fully saturated rings. The normalized spacial score (nSPS) is 15.1. The highest BCUT2D eigenvalue weighted by molar-refractivity contribution is 7.92. The summed E-state index contributed by atoms with van der Waals surface area (Å²) < 4.78 is 40.3. The lowest BCUT2D eigenvalue weighted by atomic mass is 10.3.